The molecule has 0 fully saturated rings. The van der Waals surface area contributed by atoms with E-state index in [1.54, 1.807) is 29.2 Å². The van der Waals surface area contributed by atoms with Gasteiger partial charge in [0.15, 0.2) is 6.61 Å². The minimum absolute atomic E-state index is 0.101. The molecular weight excluding hydrogens is 352 g/mol. The van der Waals surface area contributed by atoms with Gasteiger partial charge in [-0.1, -0.05) is 24.3 Å². The molecule has 6 nitrogen and oxygen atoms in total. The third kappa shape index (κ3) is 3.99. The Kier molecular flexibility index (Phi) is 5.18. The summed E-state index contributed by atoms with van der Waals surface area (Å²) in [5, 5.41) is 0. The first-order valence-corrected chi connectivity index (χ1v) is 10.3. The number of carbonyl (C=O) groups excluding carboxylic acids is 1. The van der Waals surface area contributed by atoms with Crippen LogP contribution in [0.3, 0.4) is 0 Å². The average Bonchev–Trinajstić information content (AvgIpc) is 2.79. The van der Waals surface area contributed by atoms with Gasteiger partial charge in [-0.05, 0) is 43.2 Å². The first-order chi connectivity index (χ1) is 12.4. The van der Waals surface area contributed by atoms with E-state index >= 15 is 0 Å². The van der Waals surface area contributed by atoms with Gasteiger partial charge in [-0.3, -0.25) is 9.10 Å². The summed E-state index contributed by atoms with van der Waals surface area (Å²) in [6.45, 7) is 2.65. The number of ether oxygens (including phenoxy) is 1. The molecule has 2 aromatic rings. The monoisotopic (exact) mass is 374 g/mol. The third-order valence-electron chi connectivity index (χ3n) is 4.24. The molecule has 0 unspecified atom stereocenters. The van der Waals surface area contributed by atoms with Gasteiger partial charge in [-0.2, -0.15) is 0 Å². The molecule has 0 aromatic heterocycles. The molecule has 138 valence electrons. The molecule has 0 bridgehead atoms. The summed E-state index contributed by atoms with van der Waals surface area (Å²) in [6.07, 6.45) is 1.74. The second kappa shape index (κ2) is 7.37. The van der Waals surface area contributed by atoms with Crippen LogP contribution in [-0.4, -0.2) is 40.3 Å². The standard InChI is InChI=1S/C19H22N2O4S/c1-15-7-5-8-16(13-15)25-14-19(22)20-11-6-12-21(26(2,23)24)18-10-4-3-9-17(18)20/h3-5,7-10,13H,6,11-12,14H2,1-2H3. The minimum atomic E-state index is -3.41. The fraction of sp³-hybridized carbons (Fsp3) is 0.316. The highest BCUT2D eigenvalue weighted by Crippen LogP contribution is 2.33. The van der Waals surface area contributed by atoms with Gasteiger partial charge in [-0.25, -0.2) is 8.42 Å². The Morgan fingerprint density at radius 3 is 2.50 bits per heavy atom. The van der Waals surface area contributed by atoms with Gasteiger partial charge in [0.05, 0.1) is 17.6 Å². The molecule has 7 heteroatoms. The summed E-state index contributed by atoms with van der Waals surface area (Å²) in [4.78, 5) is 14.4. The van der Waals surface area contributed by atoms with Crippen molar-refractivity contribution >= 4 is 27.3 Å². The van der Waals surface area contributed by atoms with Gasteiger partial charge in [0.2, 0.25) is 10.0 Å². The van der Waals surface area contributed by atoms with E-state index in [4.69, 9.17) is 4.74 Å². The van der Waals surface area contributed by atoms with Crippen molar-refractivity contribution in [3.8, 4) is 5.75 Å². The van der Waals surface area contributed by atoms with Gasteiger partial charge in [0.1, 0.15) is 5.75 Å². The topological polar surface area (TPSA) is 66.9 Å². The van der Waals surface area contributed by atoms with Crippen molar-refractivity contribution in [2.75, 3.05) is 35.2 Å². The van der Waals surface area contributed by atoms with Crippen LogP contribution < -0.4 is 13.9 Å². The second-order valence-corrected chi connectivity index (χ2v) is 8.23. The number of benzene rings is 2. The number of anilines is 2. The van der Waals surface area contributed by atoms with Crippen molar-refractivity contribution in [3.63, 3.8) is 0 Å². The molecule has 0 saturated carbocycles. The number of nitrogens with zero attached hydrogens (tertiary/aromatic N) is 2. The third-order valence-corrected chi connectivity index (χ3v) is 5.42. The van der Waals surface area contributed by atoms with E-state index < -0.39 is 10.0 Å². The number of sulfonamides is 1. The van der Waals surface area contributed by atoms with Crippen LogP contribution in [0.5, 0.6) is 5.75 Å². The number of hydrogen-bond donors (Lipinski definition) is 0. The fourth-order valence-corrected chi connectivity index (χ4v) is 4.02. The van der Waals surface area contributed by atoms with Crippen molar-refractivity contribution in [3.05, 3.63) is 54.1 Å². The van der Waals surface area contributed by atoms with Crippen LogP contribution in [0.25, 0.3) is 0 Å². The normalized spacial score (nSPS) is 14.5. The molecular formula is C19H22N2O4S. The molecule has 2 aromatic carbocycles. The van der Waals surface area contributed by atoms with Gasteiger partial charge >= 0.3 is 0 Å². The van der Waals surface area contributed by atoms with Crippen LogP contribution in [0.15, 0.2) is 48.5 Å². The summed E-state index contributed by atoms with van der Waals surface area (Å²) in [5.41, 5.74) is 2.17. The smallest absolute Gasteiger partial charge is 0.264 e. The predicted molar refractivity (Wildman–Crippen MR) is 102 cm³/mol. The number of rotatable bonds is 4. The lowest BCUT2D eigenvalue weighted by Gasteiger charge is -2.25. The number of fused-ring (bicyclic) bond motifs is 1. The van der Waals surface area contributed by atoms with Gasteiger partial charge in [-0.15, -0.1) is 0 Å². The maximum atomic E-state index is 12.8. The van der Waals surface area contributed by atoms with Gasteiger partial charge in [0, 0.05) is 13.1 Å². The minimum Gasteiger partial charge on any atom is -0.484 e. The van der Waals surface area contributed by atoms with Crippen LogP contribution in [0.2, 0.25) is 0 Å². The van der Waals surface area contributed by atoms with Crippen LogP contribution >= 0.6 is 0 Å². The maximum Gasteiger partial charge on any atom is 0.264 e. The van der Waals surface area contributed by atoms with Crippen LogP contribution in [0.1, 0.15) is 12.0 Å². The Morgan fingerprint density at radius 1 is 1.08 bits per heavy atom. The molecule has 1 heterocycles. The number of hydrogen-bond acceptors (Lipinski definition) is 4. The van der Waals surface area contributed by atoms with Crippen molar-refractivity contribution in [2.24, 2.45) is 0 Å². The molecule has 3 rings (SSSR count). The van der Waals surface area contributed by atoms with Crippen LogP contribution in [0.4, 0.5) is 11.4 Å². The number of para-hydroxylation sites is 2. The molecule has 0 aliphatic carbocycles. The highest BCUT2D eigenvalue weighted by atomic mass is 32.2. The van der Waals surface area contributed by atoms with Crippen molar-refractivity contribution < 1.29 is 17.9 Å². The zero-order valence-corrected chi connectivity index (χ0v) is 15.7. The zero-order valence-electron chi connectivity index (χ0n) is 14.9. The molecule has 1 amide bonds. The quantitative estimate of drug-likeness (QED) is 0.825. The molecule has 0 saturated heterocycles. The Morgan fingerprint density at radius 2 is 1.81 bits per heavy atom. The number of carbonyl (C=O) groups is 1. The molecule has 0 atom stereocenters. The average molecular weight is 374 g/mol. The molecule has 1 aliphatic rings. The van der Waals surface area contributed by atoms with E-state index in [1.165, 1.54) is 10.6 Å². The highest BCUT2D eigenvalue weighted by molar-refractivity contribution is 7.92. The van der Waals surface area contributed by atoms with E-state index in [0.717, 1.165) is 5.56 Å². The van der Waals surface area contributed by atoms with Gasteiger partial charge in [0.25, 0.3) is 5.91 Å². The predicted octanol–water partition coefficient (Wildman–Crippen LogP) is 2.58. The first-order valence-electron chi connectivity index (χ1n) is 8.43. The zero-order chi connectivity index (χ0) is 18.7. The maximum absolute atomic E-state index is 12.8. The van der Waals surface area contributed by atoms with Crippen molar-refractivity contribution in [1.29, 1.82) is 0 Å². The number of aryl methyl sites for hydroxylation is 1. The van der Waals surface area contributed by atoms with Crippen molar-refractivity contribution in [2.45, 2.75) is 13.3 Å². The van der Waals surface area contributed by atoms with E-state index in [9.17, 15) is 13.2 Å². The number of amides is 1. The van der Waals surface area contributed by atoms with Crippen molar-refractivity contribution in [1.82, 2.24) is 0 Å². The molecule has 0 radical (unpaired) electrons. The highest BCUT2D eigenvalue weighted by Gasteiger charge is 2.28. The Labute approximate surface area is 154 Å². The van der Waals surface area contributed by atoms with E-state index in [-0.39, 0.29) is 12.5 Å². The molecule has 26 heavy (non-hydrogen) atoms. The first kappa shape index (κ1) is 18.3. The summed E-state index contributed by atoms with van der Waals surface area (Å²) in [5.74, 6) is 0.438. The van der Waals surface area contributed by atoms with E-state index in [2.05, 4.69) is 0 Å². The largest absolute Gasteiger partial charge is 0.484 e. The fourth-order valence-electron chi connectivity index (χ4n) is 3.05. The summed E-state index contributed by atoms with van der Waals surface area (Å²) in [6, 6.07) is 14.6. The Balaban J connectivity index is 1.83. The summed E-state index contributed by atoms with van der Waals surface area (Å²) >= 11 is 0. The molecule has 0 spiro atoms. The summed E-state index contributed by atoms with van der Waals surface area (Å²) < 4.78 is 31.2. The Bertz CT molecular complexity index is 911. The molecule has 1 aliphatic heterocycles. The lowest BCUT2D eigenvalue weighted by molar-refractivity contribution is -0.120. The van der Waals surface area contributed by atoms with Crippen LogP contribution in [0, 0.1) is 6.92 Å². The molecule has 0 N–H and O–H groups in total. The lowest BCUT2D eigenvalue weighted by Crippen LogP contribution is -2.35. The van der Waals surface area contributed by atoms with E-state index in [0.29, 0.717) is 36.6 Å². The van der Waals surface area contributed by atoms with Gasteiger partial charge < -0.3 is 9.64 Å². The SMILES string of the molecule is Cc1cccc(OCC(=O)N2CCCN(S(C)(=O)=O)c3ccccc32)c1. The second-order valence-electron chi connectivity index (χ2n) is 6.33. The van der Waals surface area contributed by atoms with Crippen LogP contribution in [-0.2, 0) is 14.8 Å². The Hall–Kier alpha value is -2.54. The summed E-state index contributed by atoms with van der Waals surface area (Å²) in [7, 11) is -3.41. The lowest BCUT2D eigenvalue weighted by atomic mass is 10.2. The van der Waals surface area contributed by atoms with E-state index in [1.807, 2.05) is 31.2 Å².